The van der Waals surface area contributed by atoms with Gasteiger partial charge >= 0.3 is 5.97 Å². The minimum absolute atomic E-state index is 0.181. The van der Waals surface area contributed by atoms with E-state index in [0.717, 1.165) is 0 Å². The Hall–Kier alpha value is -0.870. The number of carbonyl (C=O) groups is 1. The molecule has 0 aromatic carbocycles. The standard InChI is InChI=1S/C9H14O4/c1-2-13-9(12)6-4-3-5-7(10)8(6)11/h4,7-8,10-11H,2-3,5H2,1H3/t7-,8+/m0/s1. The van der Waals surface area contributed by atoms with Crippen molar-refractivity contribution in [3.63, 3.8) is 0 Å². The van der Waals surface area contributed by atoms with Crippen molar-refractivity contribution in [3.8, 4) is 0 Å². The molecule has 1 aliphatic rings. The second-order valence-electron chi connectivity index (χ2n) is 2.97. The average Bonchev–Trinajstić information content (AvgIpc) is 2.10. The van der Waals surface area contributed by atoms with Crippen LogP contribution in [-0.2, 0) is 9.53 Å². The Morgan fingerprint density at radius 3 is 3.00 bits per heavy atom. The molecule has 0 saturated heterocycles. The van der Waals surface area contributed by atoms with Crippen LogP contribution in [0.25, 0.3) is 0 Å². The van der Waals surface area contributed by atoms with E-state index in [9.17, 15) is 15.0 Å². The van der Waals surface area contributed by atoms with Crippen molar-refractivity contribution in [1.82, 2.24) is 0 Å². The SMILES string of the molecule is CCOC(=O)C1=CCC[C@H](O)[C@@H]1O. The van der Waals surface area contributed by atoms with Gasteiger partial charge in [0.25, 0.3) is 0 Å². The third kappa shape index (κ3) is 2.29. The van der Waals surface area contributed by atoms with Crippen molar-refractivity contribution < 1.29 is 19.7 Å². The highest BCUT2D eigenvalue weighted by molar-refractivity contribution is 5.89. The number of aliphatic hydroxyl groups is 2. The van der Waals surface area contributed by atoms with Crippen LogP contribution >= 0.6 is 0 Å². The molecule has 0 fully saturated rings. The monoisotopic (exact) mass is 186 g/mol. The Bertz CT molecular complexity index is 222. The van der Waals surface area contributed by atoms with Crippen molar-refractivity contribution in [3.05, 3.63) is 11.6 Å². The zero-order valence-corrected chi connectivity index (χ0v) is 7.56. The van der Waals surface area contributed by atoms with Gasteiger partial charge in [-0.05, 0) is 19.8 Å². The van der Waals surface area contributed by atoms with Crippen molar-refractivity contribution in [2.45, 2.75) is 32.0 Å². The molecule has 0 aromatic rings. The van der Waals surface area contributed by atoms with Gasteiger partial charge in [0.2, 0.25) is 0 Å². The van der Waals surface area contributed by atoms with Crippen LogP contribution in [0.5, 0.6) is 0 Å². The highest BCUT2D eigenvalue weighted by Crippen LogP contribution is 2.19. The molecule has 0 aliphatic heterocycles. The molecule has 4 nitrogen and oxygen atoms in total. The van der Waals surface area contributed by atoms with E-state index in [1.807, 2.05) is 0 Å². The summed E-state index contributed by atoms with van der Waals surface area (Å²) in [7, 11) is 0. The quantitative estimate of drug-likeness (QED) is 0.595. The van der Waals surface area contributed by atoms with Gasteiger partial charge in [0.05, 0.1) is 18.3 Å². The Labute approximate surface area is 76.8 Å². The summed E-state index contributed by atoms with van der Waals surface area (Å²) >= 11 is 0. The van der Waals surface area contributed by atoms with Crippen molar-refractivity contribution in [1.29, 1.82) is 0 Å². The fourth-order valence-corrected chi connectivity index (χ4v) is 1.31. The molecule has 0 heterocycles. The van der Waals surface area contributed by atoms with Gasteiger partial charge in [-0.15, -0.1) is 0 Å². The predicted molar refractivity (Wildman–Crippen MR) is 46.0 cm³/mol. The molecule has 2 N–H and O–H groups in total. The average molecular weight is 186 g/mol. The number of carbonyl (C=O) groups excluding carboxylic acids is 1. The largest absolute Gasteiger partial charge is 0.463 e. The summed E-state index contributed by atoms with van der Waals surface area (Å²) in [5.41, 5.74) is 0.181. The lowest BCUT2D eigenvalue weighted by atomic mass is 9.94. The first-order valence-electron chi connectivity index (χ1n) is 4.40. The van der Waals surface area contributed by atoms with Gasteiger partial charge in [-0.2, -0.15) is 0 Å². The fourth-order valence-electron chi connectivity index (χ4n) is 1.31. The number of allylic oxidation sites excluding steroid dienone is 1. The first kappa shape index (κ1) is 10.2. The second-order valence-corrected chi connectivity index (χ2v) is 2.97. The minimum atomic E-state index is -1.09. The van der Waals surface area contributed by atoms with Gasteiger partial charge in [-0.3, -0.25) is 0 Å². The number of esters is 1. The van der Waals surface area contributed by atoms with Gasteiger partial charge in [0.1, 0.15) is 6.10 Å². The topological polar surface area (TPSA) is 66.8 Å². The summed E-state index contributed by atoms with van der Waals surface area (Å²) in [6.45, 7) is 1.98. The van der Waals surface area contributed by atoms with Crippen LogP contribution in [0.15, 0.2) is 11.6 Å². The third-order valence-electron chi connectivity index (χ3n) is 2.02. The lowest BCUT2D eigenvalue weighted by Crippen LogP contribution is -2.34. The van der Waals surface area contributed by atoms with Gasteiger partial charge in [-0.1, -0.05) is 6.08 Å². The predicted octanol–water partition coefficient (Wildman–Crippen LogP) is -0.00850. The summed E-state index contributed by atoms with van der Waals surface area (Å²) in [6.07, 6.45) is 0.781. The van der Waals surface area contributed by atoms with E-state index in [1.54, 1.807) is 13.0 Å². The zero-order chi connectivity index (χ0) is 9.84. The van der Waals surface area contributed by atoms with E-state index >= 15 is 0 Å². The van der Waals surface area contributed by atoms with E-state index in [4.69, 9.17) is 4.74 Å². The third-order valence-corrected chi connectivity index (χ3v) is 2.02. The lowest BCUT2D eigenvalue weighted by molar-refractivity contribution is -0.140. The van der Waals surface area contributed by atoms with E-state index in [-0.39, 0.29) is 12.2 Å². The van der Waals surface area contributed by atoms with E-state index < -0.39 is 18.2 Å². The van der Waals surface area contributed by atoms with Crippen molar-refractivity contribution >= 4 is 5.97 Å². The molecule has 0 spiro atoms. The number of aliphatic hydroxyl groups excluding tert-OH is 2. The second kappa shape index (κ2) is 4.39. The van der Waals surface area contributed by atoms with Crippen LogP contribution in [0.3, 0.4) is 0 Å². The van der Waals surface area contributed by atoms with Crippen LogP contribution in [-0.4, -0.2) is 35.0 Å². The smallest absolute Gasteiger partial charge is 0.336 e. The van der Waals surface area contributed by atoms with Crippen LogP contribution in [0, 0.1) is 0 Å². The Balaban J connectivity index is 2.67. The molecule has 1 rings (SSSR count). The van der Waals surface area contributed by atoms with Gasteiger partial charge in [0.15, 0.2) is 0 Å². The molecule has 74 valence electrons. The Morgan fingerprint density at radius 2 is 2.38 bits per heavy atom. The molecule has 0 amide bonds. The maximum absolute atomic E-state index is 11.2. The maximum atomic E-state index is 11.2. The van der Waals surface area contributed by atoms with Crippen molar-refractivity contribution in [2.75, 3.05) is 6.61 Å². The highest BCUT2D eigenvalue weighted by atomic mass is 16.5. The summed E-state index contributed by atoms with van der Waals surface area (Å²) in [5.74, 6) is -0.534. The molecule has 2 atom stereocenters. The van der Waals surface area contributed by atoms with Crippen LogP contribution in [0.1, 0.15) is 19.8 Å². The number of ether oxygens (including phenoxy) is 1. The molecular formula is C9H14O4. The van der Waals surface area contributed by atoms with E-state index in [2.05, 4.69) is 0 Å². The summed E-state index contributed by atoms with van der Waals surface area (Å²) in [4.78, 5) is 11.2. The molecule has 0 bridgehead atoms. The number of rotatable bonds is 2. The molecule has 13 heavy (non-hydrogen) atoms. The van der Waals surface area contributed by atoms with E-state index in [0.29, 0.717) is 12.8 Å². The zero-order valence-electron chi connectivity index (χ0n) is 7.56. The Kier molecular flexibility index (Phi) is 3.45. The molecule has 0 aromatic heterocycles. The molecule has 0 saturated carbocycles. The molecule has 4 heteroatoms. The first-order chi connectivity index (χ1) is 6.16. The van der Waals surface area contributed by atoms with Gasteiger partial charge < -0.3 is 14.9 Å². The molecule has 0 radical (unpaired) electrons. The van der Waals surface area contributed by atoms with Gasteiger partial charge in [0, 0.05) is 0 Å². The molecular weight excluding hydrogens is 172 g/mol. The fraction of sp³-hybridized carbons (Fsp3) is 0.667. The first-order valence-corrected chi connectivity index (χ1v) is 4.40. The summed E-state index contributed by atoms with van der Waals surface area (Å²) in [6, 6.07) is 0. The summed E-state index contributed by atoms with van der Waals surface area (Å²) < 4.78 is 4.72. The van der Waals surface area contributed by atoms with Crippen LogP contribution in [0.4, 0.5) is 0 Å². The maximum Gasteiger partial charge on any atom is 0.336 e. The molecule has 1 aliphatic carbocycles. The lowest BCUT2D eigenvalue weighted by Gasteiger charge is -2.23. The van der Waals surface area contributed by atoms with Gasteiger partial charge in [-0.25, -0.2) is 4.79 Å². The Morgan fingerprint density at radius 1 is 1.69 bits per heavy atom. The normalized spacial score (nSPS) is 28.1. The number of hydrogen-bond acceptors (Lipinski definition) is 4. The molecule has 0 unspecified atom stereocenters. The van der Waals surface area contributed by atoms with Crippen LogP contribution in [0.2, 0.25) is 0 Å². The number of hydrogen-bond donors (Lipinski definition) is 2. The summed E-state index contributed by atoms with van der Waals surface area (Å²) in [5, 5.41) is 18.7. The highest BCUT2D eigenvalue weighted by Gasteiger charge is 2.29. The minimum Gasteiger partial charge on any atom is -0.463 e. The van der Waals surface area contributed by atoms with Crippen molar-refractivity contribution in [2.24, 2.45) is 0 Å². The van der Waals surface area contributed by atoms with Crippen LogP contribution < -0.4 is 0 Å². The van der Waals surface area contributed by atoms with E-state index in [1.165, 1.54) is 0 Å².